The van der Waals surface area contributed by atoms with E-state index in [-0.39, 0.29) is 5.78 Å². The van der Waals surface area contributed by atoms with Crippen molar-refractivity contribution >= 4 is 5.78 Å². The van der Waals surface area contributed by atoms with Crippen molar-refractivity contribution in [1.29, 1.82) is 0 Å². The number of aromatic nitrogens is 4. The van der Waals surface area contributed by atoms with Crippen molar-refractivity contribution < 1.29 is 4.79 Å². The van der Waals surface area contributed by atoms with E-state index in [0.717, 1.165) is 48.7 Å². The maximum Gasteiger partial charge on any atom is 0.233 e. The summed E-state index contributed by atoms with van der Waals surface area (Å²) in [5.74, 6) is 1.64. The highest BCUT2D eigenvalue weighted by Gasteiger charge is 2.21. The average Bonchev–Trinajstić information content (AvgIpc) is 2.93. The third kappa shape index (κ3) is 2.81. The van der Waals surface area contributed by atoms with E-state index in [1.807, 2.05) is 13.8 Å². The molecule has 2 N–H and O–H groups in total. The topological polar surface area (TPSA) is 74.4 Å². The van der Waals surface area contributed by atoms with E-state index in [1.54, 1.807) is 0 Å². The Morgan fingerprint density at radius 2 is 1.30 bits per heavy atom. The smallest absolute Gasteiger partial charge is 0.233 e. The van der Waals surface area contributed by atoms with Crippen LogP contribution in [0.3, 0.4) is 0 Å². The molecule has 0 atom stereocenters. The Labute approximate surface area is 119 Å². The Kier molecular flexibility index (Phi) is 4.37. The highest BCUT2D eigenvalue weighted by molar-refractivity contribution is 6.07. The van der Waals surface area contributed by atoms with Gasteiger partial charge in [0, 0.05) is 24.2 Å². The van der Waals surface area contributed by atoms with Gasteiger partial charge in [-0.15, -0.1) is 0 Å². The molecular formula is C15H22N4O. The predicted octanol–water partition coefficient (Wildman–Crippen LogP) is 2.89. The fraction of sp³-hybridized carbons (Fsp3) is 0.533. The van der Waals surface area contributed by atoms with Gasteiger partial charge in [-0.1, -0.05) is 13.8 Å². The predicted molar refractivity (Wildman–Crippen MR) is 78.1 cm³/mol. The summed E-state index contributed by atoms with van der Waals surface area (Å²) in [6.07, 6.45) is 3.72. The van der Waals surface area contributed by atoms with Gasteiger partial charge < -0.3 is 9.97 Å². The number of nitrogens with zero attached hydrogens (tertiary/aromatic N) is 2. The monoisotopic (exact) mass is 274 g/mol. The first kappa shape index (κ1) is 14.5. The maximum absolute atomic E-state index is 12.6. The maximum atomic E-state index is 12.6. The van der Waals surface area contributed by atoms with Crippen molar-refractivity contribution in [3.63, 3.8) is 0 Å². The summed E-state index contributed by atoms with van der Waals surface area (Å²) in [6.45, 7) is 7.95. The van der Waals surface area contributed by atoms with Gasteiger partial charge in [-0.3, -0.25) is 4.79 Å². The average molecular weight is 274 g/mol. The van der Waals surface area contributed by atoms with E-state index in [1.165, 1.54) is 0 Å². The van der Waals surface area contributed by atoms with Gasteiger partial charge in [0.2, 0.25) is 5.78 Å². The molecule has 0 fully saturated rings. The van der Waals surface area contributed by atoms with Crippen LogP contribution >= 0.6 is 0 Å². The zero-order valence-electron chi connectivity index (χ0n) is 12.6. The largest absolute Gasteiger partial charge is 0.345 e. The summed E-state index contributed by atoms with van der Waals surface area (Å²) in [5, 5.41) is 0. The van der Waals surface area contributed by atoms with E-state index in [9.17, 15) is 4.79 Å². The van der Waals surface area contributed by atoms with Gasteiger partial charge in [-0.05, 0) is 26.7 Å². The molecular weight excluding hydrogens is 252 g/mol. The van der Waals surface area contributed by atoms with Crippen molar-refractivity contribution in [2.75, 3.05) is 0 Å². The number of imidazole rings is 2. The van der Waals surface area contributed by atoms with Crippen molar-refractivity contribution in [3.05, 3.63) is 34.4 Å². The highest BCUT2D eigenvalue weighted by atomic mass is 16.1. The first-order valence-electron chi connectivity index (χ1n) is 7.22. The summed E-state index contributed by atoms with van der Waals surface area (Å²) in [5.41, 5.74) is 2.62. The molecule has 2 rings (SSSR count). The van der Waals surface area contributed by atoms with E-state index in [2.05, 4.69) is 33.8 Å². The lowest BCUT2D eigenvalue weighted by atomic mass is 10.1. The van der Waals surface area contributed by atoms with Gasteiger partial charge in [0.25, 0.3) is 0 Å². The minimum Gasteiger partial charge on any atom is -0.345 e. The van der Waals surface area contributed by atoms with E-state index >= 15 is 0 Å². The number of hydrogen-bond acceptors (Lipinski definition) is 3. The molecule has 0 saturated heterocycles. The molecule has 0 aliphatic rings. The number of aromatic amines is 2. The Balaban J connectivity index is 2.31. The van der Waals surface area contributed by atoms with Gasteiger partial charge in [0.1, 0.15) is 23.0 Å². The van der Waals surface area contributed by atoms with Crippen molar-refractivity contribution in [2.45, 2.75) is 53.4 Å². The van der Waals surface area contributed by atoms with E-state index in [0.29, 0.717) is 11.4 Å². The lowest BCUT2D eigenvalue weighted by Crippen LogP contribution is -2.06. The van der Waals surface area contributed by atoms with E-state index in [4.69, 9.17) is 0 Å². The van der Waals surface area contributed by atoms with Crippen LogP contribution in [0, 0.1) is 13.8 Å². The van der Waals surface area contributed by atoms with Crippen LogP contribution in [0.4, 0.5) is 0 Å². The molecule has 2 aromatic rings. The molecule has 0 saturated carbocycles. The van der Waals surface area contributed by atoms with Crippen LogP contribution in [-0.4, -0.2) is 25.7 Å². The summed E-state index contributed by atoms with van der Waals surface area (Å²) >= 11 is 0. The van der Waals surface area contributed by atoms with Crippen LogP contribution in [0.1, 0.15) is 65.9 Å². The Bertz CT molecular complexity index is 557. The van der Waals surface area contributed by atoms with Gasteiger partial charge >= 0.3 is 0 Å². The van der Waals surface area contributed by atoms with Gasteiger partial charge in [-0.2, -0.15) is 0 Å². The molecule has 0 unspecified atom stereocenters. The van der Waals surface area contributed by atoms with Crippen LogP contribution in [0.5, 0.6) is 0 Å². The molecule has 0 spiro atoms. The Hall–Kier alpha value is -1.91. The molecule has 0 amide bonds. The summed E-state index contributed by atoms with van der Waals surface area (Å²) in [7, 11) is 0. The highest BCUT2D eigenvalue weighted by Crippen LogP contribution is 2.15. The number of aryl methyl sites for hydroxylation is 4. The van der Waals surface area contributed by atoms with Gasteiger partial charge in [-0.25, -0.2) is 9.97 Å². The van der Waals surface area contributed by atoms with Crippen molar-refractivity contribution in [2.24, 2.45) is 0 Å². The first-order valence-corrected chi connectivity index (χ1v) is 7.22. The van der Waals surface area contributed by atoms with Crippen molar-refractivity contribution in [3.8, 4) is 0 Å². The molecule has 0 aliphatic carbocycles. The molecule has 20 heavy (non-hydrogen) atoms. The third-order valence-electron chi connectivity index (χ3n) is 3.27. The van der Waals surface area contributed by atoms with Gasteiger partial charge in [0.05, 0.1) is 0 Å². The fourth-order valence-electron chi connectivity index (χ4n) is 2.31. The molecule has 5 nitrogen and oxygen atoms in total. The number of H-pyrrole nitrogens is 2. The molecule has 0 aliphatic heterocycles. The molecule has 0 radical (unpaired) electrons. The second kappa shape index (κ2) is 6.03. The zero-order chi connectivity index (χ0) is 14.7. The normalized spacial score (nSPS) is 11.0. The van der Waals surface area contributed by atoms with E-state index < -0.39 is 0 Å². The number of nitrogens with one attached hydrogen (secondary N) is 2. The SMILES string of the molecule is CCCc1nc(C(=O)c2nc(CCC)[nH]c2C)c(C)[nH]1. The molecule has 2 heterocycles. The Morgan fingerprint density at radius 3 is 1.65 bits per heavy atom. The number of carbonyl (C=O) groups is 1. The second-order valence-electron chi connectivity index (χ2n) is 5.14. The molecule has 0 aromatic carbocycles. The molecule has 5 heteroatoms. The van der Waals surface area contributed by atoms with Crippen LogP contribution in [0.15, 0.2) is 0 Å². The number of carbonyl (C=O) groups excluding carboxylic acids is 1. The molecule has 2 aromatic heterocycles. The summed E-state index contributed by atoms with van der Waals surface area (Å²) < 4.78 is 0. The quantitative estimate of drug-likeness (QED) is 0.795. The third-order valence-corrected chi connectivity index (χ3v) is 3.27. The summed E-state index contributed by atoms with van der Waals surface area (Å²) in [4.78, 5) is 27.7. The zero-order valence-corrected chi connectivity index (χ0v) is 12.6. The standard InChI is InChI=1S/C15H22N4O/c1-5-7-11-16-9(3)13(18-11)15(20)14-10(4)17-12(19-14)8-6-2/h5-8H2,1-4H3,(H,16,18)(H,17,19). The number of hydrogen-bond donors (Lipinski definition) is 2. The minimum absolute atomic E-state index is 0.0998. The lowest BCUT2D eigenvalue weighted by Gasteiger charge is -1.95. The number of rotatable bonds is 6. The van der Waals surface area contributed by atoms with Crippen LogP contribution in [-0.2, 0) is 12.8 Å². The Morgan fingerprint density at radius 1 is 0.900 bits per heavy atom. The first-order chi connectivity index (χ1) is 9.56. The molecule has 0 bridgehead atoms. The number of ketones is 1. The fourth-order valence-corrected chi connectivity index (χ4v) is 2.31. The molecule has 108 valence electrons. The second-order valence-corrected chi connectivity index (χ2v) is 5.14. The van der Waals surface area contributed by atoms with Crippen LogP contribution < -0.4 is 0 Å². The summed E-state index contributed by atoms with van der Waals surface area (Å²) in [6, 6.07) is 0. The lowest BCUT2D eigenvalue weighted by molar-refractivity contribution is 0.102. The van der Waals surface area contributed by atoms with Crippen LogP contribution in [0.2, 0.25) is 0 Å². The van der Waals surface area contributed by atoms with Crippen LogP contribution in [0.25, 0.3) is 0 Å². The van der Waals surface area contributed by atoms with Crippen molar-refractivity contribution in [1.82, 2.24) is 19.9 Å². The minimum atomic E-state index is -0.0998. The van der Waals surface area contributed by atoms with Gasteiger partial charge in [0.15, 0.2) is 0 Å².